The molecule has 20 heavy (non-hydrogen) atoms. The lowest BCUT2D eigenvalue weighted by molar-refractivity contribution is 0.219. The first-order valence-corrected chi connectivity index (χ1v) is 8.53. The van der Waals surface area contributed by atoms with Crippen LogP contribution < -0.4 is 5.32 Å². The highest BCUT2D eigenvalue weighted by atomic mass is 32.1. The lowest BCUT2D eigenvalue weighted by Gasteiger charge is -2.33. The summed E-state index contributed by atoms with van der Waals surface area (Å²) in [6, 6.07) is 0.576. The van der Waals surface area contributed by atoms with Gasteiger partial charge in [-0.15, -0.1) is 11.3 Å². The van der Waals surface area contributed by atoms with E-state index in [1.54, 1.807) is 11.3 Å². The van der Waals surface area contributed by atoms with E-state index >= 15 is 0 Å². The smallest absolute Gasteiger partial charge is 0.0798 e. The predicted molar refractivity (Wildman–Crippen MR) is 89.3 cm³/mol. The van der Waals surface area contributed by atoms with Gasteiger partial charge >= 0.3 is 0 Å². The summed E-state index contributed by atoms with van der Waals surface area (Å²) in [6.45, 7) is 14.6. The normalized spacial score (nSPS) is 13.9. The maximum Gasteiger partial charge on any atom is 0.0798 e. The molecule has 116 valence electrons. The maximum atomic E-state index is 4.32. The minimum atomic E-state index is 0.316. The Hall–Kier alpha value is -0.450. The van der Waals surface area contributed by atoms with Gasteiger partial charge < -0.3 is 10.2 Å². The lowest BCUT2D eigenvalue weighted by atomic mass is 9.84. The van der Waals surface area contributed by atoms with E-state index in [4.69, 9.17) is 0 Å². The molecular formula is C16H31N3S. The van der Waals surface area contributed by atoms with Gasteiger partial charge in [-0.05, 0) is 45.3 Å². The molecule has 0 aliphatic heterocycles. The lowest BCUT2D eigenvalue weighted by Crippen LogP contribution is -2.42. The predicted octanol–water partition coefficient (Wildman–Crippen LogP) is 3.69. The monoisotopic (exact) mass is 297 g/mol. The Morgan fingerprint density at radius 1 is 1.40 bits per heavy atom. The summed E-state index contributed by atoms with van der Waals surface area (Å²) in [5.41, 5.74) is 3.44. The largest absolute Gasteiger partial charge is 0.313 e. The zero-order valence-electron chi connectivity index (χ0n) is 14.0. The second kappa shape index (κ2) is 8.11. The molecule has 0 saturated heterocycles. The summed E-state index contributed by atoms with van der Waals surface area (Å²) >= 11 is 1.76. The molecule has 0 amide bonds. The number of hydrogen-bond donors (Lipinski definition) is 1. The van der Waals surface area contributed by atoms with E-state index in [9.17, 15) is 0 Å². The number of nitrogens with one attached hydrogen (secondary N) is 1. The molecule has 0 aliphatic rings. The number of thiazole rings is 1. The van der Waals surface area contributed by atoms with Gasteiger partial charge in [-0.25, -0.2) is 4.98 Å². The molecule has 1 aromatic rings. The SMILES string of the molecule is CCCNC(CCN(C)Cc1scnc1C)C(C)(C)C. The summed E-state index contributed by atoms with van der Waals surface area (Å²) < 4.78 is 0. The van der Waals surface area contributed by atoms with Crippen LogP contribution in [-0.4, -0.2) is 36.1 Å². The Bertz CT molecular complexity index is 381. The van der Waals surface area contributed by atoms with Crippen molar-refractivity contribution in [1.82, 2.24) is 15.2 Å². The zero-order chi connectivity index (χ0) is 15.2. The Balaban J connectivity index is 2.44. The highest BCUT2D eigenvalue weighted by Gasteiger charge is 2.23. The fourth-order valence-electron chi connectivity index (χ4n) is 2.31. The molecule has 0 bridgehead atoms. The standard InChI is InChI=1S/C16H31N3S/c1-7-9-17-15(16(3,4)5)8-10-19(6)11-14-13(2)18-12-20-14/h12,15,17H,7-11H2,1-6H3. The van der Waals surface area contributed by atoms with Crippen LogP contribution >= 0.6 is 11.3 Å². The number of hydrogen-bond acceptors (Lipinski definition) is 4. The molecular weight excluding hydrogens is 266 g/mol. The topological polar surface area (TPSA) is 28.2 Å². The van der Waals surface area contributed by atoms with E-state index in [0.717, 1.165) is 19.6 Å². The van der Waals surface area contributed by atoms with E-state index in [1.165, 1.54) is 23.4 Å². The van der Waals surface area contributed by atoms with Crippen molar-refractivity contribution in [3.8, 4) is 0 Å². The summed E-state index contributed by atoms with van der Waals surface area (Å²) in [5, 5.41) is 3.70. The Kier molecular flexibility index (Phi) is 7.13. The molecule has 0 radical (unpaired) electrons. The summed E-state index contributed by atoms with van der Waals surface area (Å²) in [5.74, 6) is 0. The molecule has 3 nitrogen and oxygen atoms in total. The van der Waals surface area contributed by atoms with Crippen LogP contribution in [-0.2, 0) is 6.54 Å². The first-order valence-electron chi connectivity index (χ1n) is 7.65. The second-order valence-electron chi connectivity index (χ2n) is 6.76. The average Bonchev–Trinajstić information content (AvgIpc) is 2.73. The van der Waals surface area contributed by atoms with Crippen LogP contribution in [0.25, 0.3) is 0 Å². The van der Waals surface area contributed by atoms with Crippen LogP contribution in [0.4, 0.5) is 0 Å². The first-order chi connectivity index (χ1) is 9.34. The molecule has 1 aromatic heterocycles. The molecule has 1 atom stereocenters. The highest BCUT2D eigenvalue weighted by molar-refractivity contribution is 7.09. The molecule has 4 heteroatoms. The van der Waals surface area contributed by atoms with E-state index in [2.05, 4.69) is 56.9 Å². The number of nitrogens with zero attached hydrogens (tertiary/aromatic N) is 2. The van der Waals surface area contributed by atoms with Gasteiger partial charge in [0.15, 0.2) is 0 Å². The third-order valence-electron chi connectivity index (χ3n) is 3.74. The molecule has 0 aliphatic carbocycles. The zero-order valence-corrected chi connectivity index (χ0v) is 14.8. The fourth-order valence-corrected chi connectivity index (χ4v) is 3.17. The van der Waals surface area contributed by atoms with Gasteiger partial charge in [0.1, 0.15) is 0 Å². The molecule has 0 fully saturated rings. The average molecular weight is 298 g/mol. The van der Waals surface area contributed by atoms with E-state index in [0.29, 0.717) is 11.5 Å². The van der Waals surface area contributed by atoms with Crippen molar-refractivity contribution in [2.24, 2.45) is 5.41 Å². The van der Waals surface area contributed by atoms with Crippen molar-refractivity contribution in [2.45, 2.75) is 60.0 Å². The van der Waals surface area contributed by atoms with Crippen molar-refractivity contribution < 1.29 is 0 Å². The highest BCUT2D eigenvalue weighted by Crippen LogP contribution is 2.22. The van der Waals surface area contributed by atoms with Crippen molar-refractivity contribution in [2.75, 3.05) is 20.1 Å². The van der Waals surface area contributed by atoms with Gasteiger partial charge in [-0.1, -0.05) is 27.7 Å². The van der Waals surface area contributed by atoms with Gasteiger partial charge in [0.05, 0.1) is 11.2 Å². The van der Waals surface area contributed by atoms with Crippen LogP contribution in [0.3, 0.4) is 0 Å². The fraction of sp³-hybridized carbons (Fsp3) is 0.812. The van der Waals surface area contributed by atoms with E-state index in [-0.39, 0.29) is 0 Å². The molecule has 0 spiro atoms. The van der Waals surface area contributed by atoms with Crippen molar-refractivity contribution >= 4 is 11.3 Å². The van der Waals surface area contributed by atoms with Crippen molar-refractivity contribution in [3.05, 3.63) is 16.1 Å². The molecule has 1 rings (SSSR count). The van der Waals surface area contributed by atoms with Gasteiger partial charge in [-0.3, -0.25) is 0 Å². The van der Waals surface area contributed by atoms with Crippen LogP contribution in [0.15, 0.2) is 5.51 Å². The molecule has 1 N–H and O–H groups in total. The molecule has 1 heterocycles. The number of aryl methyl sites for hydroxylation is 1. The minimum absolute atomic E-state index is 0.316. The maximum absolute atomic E-state index is 4.32. The van der Waals surface area contributed by atoms with Crippen molar-refractivity contribution in [3.63, 3.8) is 0 Å². The Morgan fingerprint density at radius 2 is 2.10 bits per heavy atom. The Labute approximate surface area is 128 Å². The summed E-state index contributed by atoms with van der Waals surface area (Å²) in [7, 11) is 2.21. The number of rotatable bonds is 8. The quantitative estimate of drug-likeness (QED) is 0.793. The summed E-state index contributed by atoms with van der Waals surface area (Å²) in [6.07, 6.45) is 2.39. The van der Waals surface area contributed by atoms with E-state index in [1.807, 2.05) is 5.51 Å². The third kappa shape index (κ3) is 5.90. The van der Waals surface area contributed by atoms with Gasteiger partial charge in [0.25, 0.3) is 0 Å². The van der Waals surface area contributed by atoms with Gasteiger partial charge in [0.2, 0.25) is 0 Å². The minimum Gasteiger partial charge on any atom is -0.313 e. The van der Waals surface area contributed by atoms with Crippen molar-refractivity contribution in [1.29, 1.82) is 0 Å². The molecule has 1 unspecified atom stereocenters. The van der Waals surface area contributed by atoms with Crippen LogP contribution in [0.5, 0.6) is 0 Å². The van der Waals surface area contributed by atoms with Crippen LogP contribution in [0.1, 0.15) is 51.1 Å². The molecule has 0 aromatic carbocycles. The van der Waals surface area contributed by atoms with Gasteiger partial charge in [0, 0.05) is 17.5 Å². The first kappa shape index (κ1) is 17.6. The third-order valence-corrected chi connectivity index (χ3v) is 4.66. The molecule has 0 saturated carbocycles. The van der Waals surface area contributed by atoms with Crippen LogP contribution in [0, 0.1) is 12.3 Å². The number of aromatic nitrogens is 1. The van der Waals surface area contributed by atoms with Gasteiger partial charge in [-0.2, -0.15) is 0 Å². The van der Waals surface area contributed by atoms with E-state index < -0.39 is 0 Å². The second-order valence-corrected chi connectivity index (χ2v) is 7.70. The Morgan fingerprint density at radius 3 is 2.60 bits per heavy atom. The van der Waals surface area contributed by atoms with Crippen LogP contribution in [0.2, 0.25) is 0 Å². The summed E-state index contributed by atoms with van der Waals surface area (Å²) in [4.78, 5) is 8.12.